The van der Waals surface area contributed by atoms with E-state index in [9.17, 15) is 0 Å². The van der Waals surface area contributed by atoms with Gasteiger partial charge in [0.15, 0.2) is 0 Å². The Kier molecular flexibility index (Phi) is 5.66. The zero-order valence-electron chi connectivity index (χ0n) is 12.1. The summed E-state index contributed by atoms with van der Waals surface area (Å²) in [7, 11) is 0. The summed E-state index contributed by atoms with van der Waals surface area (Å²) < 4.78 is 5.50. The van der Waals surface area contributed by atoms with Gasteiger partial charge in [-0.2, -0.15) is 0 Å². The van der Waals surface area contributed by atoms with Gasteiger partial charge in [0.05, 0.1) is 6.61 Å². The molecule has 0 saturated heterocycles. The smallest absolute Gasteiger partial charge is 0.119 e. The Morgan fingerprint density at radius 3 is 2.10 bits per heavy atom. The lowest BCUT2D eigenvalue weighted by Crippen LogP contribution is -2.05. The summed E-state index contributed by atoms with van der Waals surface area (Å²) in [4.78, 5) is 0.325. The van der Waals surface area contributed by atoms with Crippen molar-refractivity contribution in [1.29, 1.82) is 0 Å². The average Bonchev–Trinajstić information content (AvgIpc) is 2.50. The van der Waals surface area contributed by atoms with Gasteiger partial charge in [-0.05, 0) is 36.6 Å². The first kappa shape index (κ1) is 15.1. The molecule has 106 valence electrons. The molecule has 0 N–H and O–H groups in total. The quantitative estimate of drug-likeness (QED) is 0.615. The predicted molar refractivity (Wildman–Crippen MR) is 88.8 cm³/mol. The molecule has 0 bridgehead atoms. The van der Waals surface area contributed by atoms with Crippen LogP contribution in [0.15, 0.2) is 54.6 Å². The third kappa shape index (κ3) is 3.63. The minimum atomic E-state index is 0.325. The number of halogens is 1. The molecule has 0 aliphatic heterocycles. The fraction of sp³-hybridized carbons (Fsp3) is 0.333. The van der Waals surface area contributed by atoms with E-state index < -0.39 is 0 Å². The highest BCUT2D eigenvalue weighted by atomic mass is 79.9. The van der Waals surface area contributed by atoms with Crippen molar-refractivity contribution >= 4 is 15.9 Å². The maximum absolute atomic E-state index is 5.50. The maximum Gasteiger partial charge on any atom is 0.119 e. The van der Waals surface area contributed by atoms with Crippen molar-refractivity contribution in [2.24, 2.45) is 0 Å². The summed E-state index contributed by atoms with van der Waals surface area (Å²) in [6, 6.07) is 19.1. The molecule has 0 amide bonds. The fourth-order valence-electron chi connectivity index (χ4n) is 2.46. The molecule has 0 aromatic heterocycles. The number of hydrogen-bond donors (Lipinski definition) is 0. The van der Waals surface area contributed by atoms with Crippen LogP contribution in [0.3, 0.4) is 0 Å². The van der Waals surface area contributed by atoms with Crippen LogP contribution in [0.2, 0.25) is 0 Å². The van der Waals surface area contributed by atoms with Crippen LogP contribution in [0.4, 0.5) is 0 Å². The van der Waals surface area contributed by atoms with Crippen LogP contribution >= 0.6 is 15.9 Å². The number of rotatable bonds is 6. The number of benzene rings is 2. The molecule has 0 radical (unpaired) electrons. The zero-order chi connectivity index (χ0) is 14.4. The number of alkyl halides is 1. The number of hydrogen-bond acceptors (Lipinski definition) is 1. The van der Waals surface area contributed by atoms with Crippen LogP contribution in [0.25, 0.3) is 0 Å². The zero-order valence-corrected chi connectivity index (χ0v) is 13.6. The number of ether oxygens (including phenoxy) is 1. The summed E-state index contributed by atoms with van der Waals surface area (Å²) in [6.45, 7) is 4.95. The second kappa shape index (κ2) is 7.49. The summed E-state index contributed by atoms with van der Waals surface area (Å²) in [5.41, 5.74) is 2.68. The Bertz CT molecular complexity index is 507. The molecule has 2 unspecified atom stereocenters. The van der Waals surface area contributed by atoms with Gasteiger partial charge in [-0.3, -0.25) is 0 Å². The molecule has 2 atom stereocenters. The molecule has 1 nitrogen and oxygen atoms in total. The van der Waals surface area contributed by atoms with Crippen molar-refractivity contribution in [2.45, 2.75) is 31.0 Å². The van der Waals surface area contributed by atoms with E-state index in [0.717, 1.165) is 12.2 Å². The van der Waals surface area contributed by atoms with Gasteiger partial charge >= 0.3 is 0 Å². The van der Waals surface area contributed by atoms with E-state index in [4.69, 9.17) is 4.74 Å². The van der Waals surface area contributed by atoms with Gasteiger partial charge in [-0.1, -0.05) is 65.3 Å². The predicted octanol–water partition coefficient (Wildman–Crippen LogP) is 5.72. The van der Waals surface area contributed by atoms with Crippen molar-refractivity contribution in [2.75, 3.05) is 6.61 Å². The molecule has 0 heterocycles. The third-order valence-electron chi connectivity index (χ3n) is 3.53. The van der Waals surface area contributed by atoms with E-state index >= 15 is 0 Å². The molecular formula is C18H21BrO. The highest BCUT2D eigenvalue weighted by Gasteiger charge is 2.20. The van der Waals surface area contributed by atoms with E-state index in [1.54, 1.807) is 0 Å². The van der Waals surface area contributed by atoms with Crippen molar-refractivity contribution < 1.29 is 4.74 Å². The van der Waals surface area contributed by atoms with Gasteiger partial charge in [-0.15, -0.1) is 0 Å². The molecular weight excluding hydrogens is 312 g/mol. The monoisotopic (exact) mass is 332 g/mol. The van der Waals surface area contributed by atoms with E-state index in [-0.39, 0.29) is 0 Å². The third-order valence-corrected chi connectivity index (χ3v) is 4.70. The van der Waals surface area contributed by atoms with Crippen molar-refractivity contribution in [3.8, 4) is 5.75 Å². The molecule has 0 aliphatic carbocycles. The Morgan fingerprint density at radius 1 is 0.900 bits per heavy atom. The lowest BCUT2D eigenvalue weighted by atomic mass is 9.90. The fourth-order valence-corrected chi connectivity index (χ4v) is 3.44. The molecule has 2 aromatic rings. The summed E-state index contributed by atoms with van der Waals surface area (Å²) in [5.74, 6) is 1.41. The van der Waals surface area contributed by atoms with Gasteiger partial charge in [0.2, 0.25) is 0 Å². The largest absolute Gasteiger partial charge is 0.494 e. The highest BCUT2D eigenvalue weighted by molar-refractivity contribution is 9.09. The molecule has 2 rings (SSSR count). The van der Waals surface area contributed by atoms with Crippen LogP contribution in [0.1, 0.15) is 42.1 Å². The van der Waals surface area contributed by atoms with Crippen LogP contribution in [-0.2, 0) is 0 Å². The van der Waals surface area contributed by atoms with Crippen LogP contribution < -0.4 is 4.74 Å². The standard InChI is InChI=1S/C18H21BrO/c1-3-17(14-8-6-5-7-9-14)18(19)15-10-12-16(13-11-15)20-4-2/h5-13,17-18H,3-4H2,1-2H3. The Labute approximate surface area is 130 Å². The molecule has 0 spiro atoms. The SMILES string of the molecule is CCOc1ccc(C(Br)C(CC)c2ccccc2)cc1. The first-order valence-corrected chi connectivity index (χ1v) is 8.09. The molecule has 20 heavy (non-hydrogen) atoms. The van der Waals surface area contributed by atoms with Crippen molar-refractivity contribution in [3.63, 3.8) is 0 Å². The molecule has 2 heteroatoms. The summed E-state index contributed by atoms with van der Waals surface area (Å²) >= 11 is 3.87. The minimum absolute atomic E-state index is 0.325. The first-order valence-electron chi connectivity index (χ1n) is 7.18. The minimum Gasteiger partial charge on any atom is -0.494 e. The van der Waals surface area contributed by atoms with Crippen LogP contribution in [0, 0.1) is 0 Å². The van der Waals surface area contributed by atoms with Crippen molar-refractivity contribution in [3.05, 3.63) is 65.7 Å². The normalized spacial score (nSPS) is 13.8. The van der Waals surface area contributed by atoms with E-state index in [2.05, 4.69) is 65.3 Å². The van der Waals surface area contributed by atoms with Crippen molar-refractivity contribution in [1.82, 2.24) is 0 Å². The van der Waals surface area contributed by atoms with E-state index in [0.29, 0.717) is 17.4 Å². The van der Waals surface area contributed by atoms with Crippen LogP contribution in [0.5, 0.6) is 5.75 Å². The lowest BCUT2D eigenvalue weighted by Gasteiger charge is -2.22. The molecule has 0 saturated carbocycles. The Morgan fingerprint density at radius 2 is 1.55 bits per heavy atom. The average molecular weight is 333 g/mol. The second-order valence-electron chi connectivity index (χ2n) is 4.83. The van der Waals surface area contributed by atoms with Gasteiger partial charge in [-0.25, -0.2) is 0 Å². The maximum atomic E-state index is 5.50. The topological polar surface area (TPSA) is 9.23 Å². The Balaban J connectivity index is 2.18. The first-order chi connectivity index (χ1) is 9.76. The van der Waals surface area contributed by atoms with E-state index in [1.807, 2.05) is 19.1 Å². The summed E-state index contributed by atoms with van der Waals surface area (Å²) in [6.07, 6.45) is 1.10. The van der Waals surface area contributed by atoms with E-state index in [1.165, 1.54) is 11.1 Å². The van der Waals surface area contributed by atoms with Gasteiger partial charge < -0.3 is 4.74 Å². The van der Waals surface area contributed by atoms with Crippen LogP contribution in [-0.4, -0.2) is 6.61 Å². The summed E-state index contributed by atoms with van der Waals surface area (Å²) in [5, 5.41) is 0. The van der Waals surface area contributed by atoms with Gasteiger partial charge in [0.25, 0.3) is 0 Å². The lowest BCUT2D eigenvalue weighted by molar-refractivity contribution is 0.340. The van der Waals surface area contributed by atoms with Gasteiger partial charge in [0.1, 0.15) is 5.75 Å². The molecule has 2 aromatic carbocycles. The molecule has 0 aliphatic rings. The second-order valence-corrected chi connectivity index (χ2v) is 5.82. The highest BCUT2D eigenvalue weighted by Crippen LogP contribution is 2.40. The molecule has 0 fully saturated rings. The van der Waals surface area contributed by atoms with Gasteiger partial charge in [0, 0.05) is 10.7 Å². The Hall–Kier alpha value is -1.28.